The van der Waals surface area contributed by atoms with Crippen LogP contribution in [0.25, 0.3) is 10.6 Å². The van der Waals surface area contributed by atoms with Crippen LogP contribution in [-0.2, 0) is 11.2 Å². The van der Waals surface area contributed by atoms with Crippen molar-refractivity contribution in [3.05, 3.63) is 59.6 Å². The van der Waals surface area contributed by atoms with Crippen LogP contribution in [0.4, 0.5) is 5.69 Å². The molecule has 170 valence electrons. The first-order chi connectivity index (χ1) is 15.6. The number of thiazole rings is 1. The van der Waals surface area contributed by atoms with Gasteiger partial charge in [0.05, 0.1) is 24.4 Å². The molecular weight excluding hydrogens is 422 g/mol. The zero-order valence-electron chi connectivity index (χ0n) is 19.0. The topological polar surface area (TPSA) is 63.7 Å². The molecule has 1 aromatic heterocycles. The lowest BCUT2D eigenvalue weighted by Gasteiger charge is -2.19. The quantitative estimate of drug-likeness (QED) is 0.413. The minimum absolute atomic E-state index is 0.117. The number of carbonyl (C=O) groups excluding carboxylic acids is 1. The predicted molar refractivity (Wildman–Crippen MR) is 131 cm³/mol. The number of rotatable bonds is 12. The van der Waals surface area contributed by atoms with E-state index >= 15 is 0 Å². The summed E-state index contributed by atoms with van der Waals surface area (Å²) < 4.78 is 11.4. The van der Waals surface area contributed by atoms with E-state index in [4.69, 9.17) is 9.47 Å². The minimum atomic E-state index is -0.117. The fourth-order valence-corrected chi connectivity index (χ4v) is 4.09. The van der Waals surface area contributed by atoms with E-state index in [1.807, 2.05) is 60.8 Å². The molecule has 2 aromatic carbocycles. The molecule has 0 aliphatic rings. The average molecular weight is 454 g/mol. The van der Waals surface area contributed by atoms with Crippen molar-refractivity contribution in [2.75, 3.05) is 38.2 Å². The van der Waals surface area contributed by atoms with Crippen LogP contribution in [0.5, 0.6) is 11.5 Å². The van der Waals surface area contributed by atoms with Crippen molar-refractivity contribution < 1.29 is 14.3 Å². The average Bonchev–Trinajstić information content (AvgIpc) is 3.27. The molecule has 3 aromatic rings. The van der Waals surface area contributed by atoms with Gasteiger partial charge in [0.1, 0.15) is 23.1 Å². The van der Waals surface area contributed by atoms with Crippen LogP contribution < -0.4 is 14.8 Å². The number of hydrogen-bond acceptors (Lipinski definition) is 6. The van der Waals surface area contributed by atoms with Gasteiger partial charge in [0.25, 0.3) is 0 Å². The third-order valence-corrected chi connectivity index (χ3v) is 5.97. The van der Waals surface area contributed by atoms with Gasteiger partial charge in [-0.1, -0.05) is 26.0 Å². The fourth-order valence-electron chi connectivity index (χ4n) is 3.26. The summed E-state index contributed by atoms with van der Waals surface area (Å²) in [5.41, 5.74) is 2.44. The van der Waals surface area contributed by atoms with E-state index in [0.29, 0.717) is 24.7 Å². The summed E-state index contributed by atoms with van der Waals surface area (Å²) in [4.78, 5) is 19.6. The standard InChI is InChI=1S/C25H31N3O3S/c1-4-28(5-2)15-16-31-23-10-8-7-9-22(23)27-24(29)17-20-18-32-25(26-20)19-11-13-21(14-12-19)30-6-3/h7-14,18H,4-6,15-17H2,1-3H3,(H,27,29). The molecule has 0 aliphatic carbocycles. The van der Waals surface area contributed by atoms with Crippen molar-refractivity contribution in [2.45, 2.75) is 27.2 Å². The lowest BCUT2D eigenvalue weighted by molar-refractivity contribution is -0.115. The van der Waals surface area contributed by atoms with Crippen LogP contribution in [0, 0.1) is 0 Å². The maximum absolute atomic E-state index is 12.6. The maximum Gasteiger partial charge on any atom is 0.230 e. The van der Waals surface area contributed by atoms with Gasteiger partial charge < -0.3 is 19.7 Å². The Morgan fingerprint density at radius 1 is 1.03 bits per heavy atom. The van der Waals surface area contributed by atoms with Crippen molar-refractivity contribution in [1.82, 2.24) is 9.88 Å². The van der Waals surface area contributed by atoms with Crippen LogP contribution in [0.3, 0.4) is 0 Å². The Morgan fingerprint density at radius 3 is 2.50 bits per heavy atom. The van der Waals surface area contributed by atoms with E-state index in [2.05, 4.69) is 29.0 Å². The largest absolute Gasteiger partial charge is 0.494 e. The number of amides is 1. The Labute approximate surface area is 194 Å². The number of aromatic nitrogens is 1. The monoisotopic (exact) mass is 453 g/mol. The predicted octanol–water partition coefficient (Wildman–Crippen LogP) is 5.11. The number of carbonyl (C=O) groups is 1. The molecule has 32 heavy (non-hydrogen) atoms. The number of nitrogens with one attached hydrogen (secondary N) is 1. The molecule has 0 aliphatic heterocycles. The molecule has 0 radical (unpaired) electrons. The van der Waals surface area contributed by atoms with Gasteiger partial charge in [0.2, 0.25) is 5.91 Å². The lowest BCUT2D eigenvalue weighted by Crippen LogP contribution is -2.28. The number of nitrogens with zero attached hydrogens (tertiary/aromatic N) is 2. The molecule has 6 nitrogen and oxygen atoms in total. The first-order valence-corrected chi connectivity index (χ1v) is 11.9. The zero-order valence-corrected chi connectivity index (χ0v) is 19.8. The summed E-state index contributed by atoms with van der Waals surface area (Å²) in [5.74, 6) is 1.40. The molecule has 0 saturated carbocycles. The Balaban J connectivity index is 1.57. The van der Waals surface area contributed by atoms with Crippen molar-refractivity contribution >= 4 is 22.9 Å². The first kappa shape index (κ1) is 23.8. The molecular formula is C25H31N3O3S. The molecule has 1 heterocycles. The van der Waals surface area contributed by atoms with Crippen LogP contribution in [0.1, 0.15) is 26.5 Å². The third-order valence-electron chi connectivity index (χ3n) is 5.03. The molecule has 7 heteroatoms. The molecule has 0 fully saturated rings. The highest BCUT2D eigenvalue weighted by molar-refractivity contribution is 7.13. The van der Waals surface area contributed by atoms with E-state index in [9.17, 15) is 4.79 Å². The minimum Gasteiger partial charge on any atom is -0.494 e. The maximum atomic E-state index is 12.6. The van der Waals surface area contributed by atoms with Gasteiger partial charge in [0, 0.05) is 17.5 Å². The van der Waals surface area contributed by atoms with Crippen molar-refractivity contribution in [3.8, 4) is 22.1 Å². The fraction of sp³-hybridized carbons (Fsp3) is 0.360. The van der Waals surface area contributed by atoms with Gasteiger partial charge in [-0.2, -0.15) is 0 Å². The van der Waals surface area contributed by atoms with Crippen LogP contribution in [-0.4, -0.2) is 48.6 Å². The van der Waals surface area contributed by atoms with Crippen molar-refractivity contribution in [2.24, 2.45) is 0 Å². The molecule has 3 rings (SSSR count). The number of hydrogen-bond donors (Lipinski definition) is 1. The summed E-state index contributed by atoms with van der Waals surface area (Å²) in [5, 5.41) is 5.78. The molecule has 0 saturated heterocycles. The highest BCUT2D eigenvalue weighted by atomic mass is 32.1. The number of anilines is 1. The SMILES string of the molecule is CCOc1ccc(-c2nc(CC(=O)Nc3ccccc3OCCN(CC)CC)cs2)cc1. The van der Waals surface area contributed by atoms with Gasteiger partial charge in [-0.3, -0.25) is 4.79 Å². The summed E-state index contributed by atoms with van der Waals surface area (Å²) in [6.07, 6.45) is 0.210. The molecule has 1 N–H and O–H groups in total. The third kappa shape index (κ3) is 6.80. The Bertz CT molecular complexity index is 984. The van der Waals surface area contributed by atoms with E-state index in [1.165, 1.54) is 11.3 Å². The number of likely N-dealkylation sites (N-methyl/N-ethyl adjacent to an activating group) is 1. The summed E-state index contributed by atoms with van der Waals surface area (Å²) in [6, 6.07) is 15.4. The second-order valence-electron chi connectivity index (χ2n) is 7.20. The number of ether oxygens (including phenoxy) is 2. The Hall–Kier alpha value is -2.90. The summed E-state index contributed by atoms with van der Waals surface area (Å²) >= 11 is 1.53. The summed E-state index contributed by atoms with van der Waals surface area (Å²) in [7, 11) is 0. The summed E-state index contributed by atoms with van der Waals surface area (Å²) in [6.45, 7) is 10.3. The second kappa shape index (κ2) is 12.2. The van der Waals surface area contributed by atoms with E-state index < -0.39 is 0 Å². The van der Waals surface area contributed by atoms with Crippen LogP contribution >= 0.6 is 11.3 Å². The van der Waals surface area contributed by atoms with E-state index in [0.717, 1.165) is 41.6 Å². The van der Waals surface area contributed by atoms with Crippen molar-refractivity contribution in [3.63, 3.8) is 0 Å². The van der Waals surface area contributed by atoms with Gasteiger partial charge in [-0.15, -0.1) is 11.3 Å². The molecule has 0 atom stereocenters. The molecule has 0 unspecified atom stereocenters. The van der Waals surface area contributed by atoms with Gasteiger partial charge in [-0.05, 0) is 56.4 Å². The highest BCUT2D eigenvalue weighted by Gasteiger charge is 2.12. The van der Waals surface area contributed by atoms with Gasteiger partial charge in [0.15, 0.2) is 0 Å². The van der Waals surface area contributed by atoms with Crippen molar-refractivity contribution in [1.29, 1.82) is 0 Å². The molecule has 0 spiro atoms. The lowest BCUT2D eigenvalue weighted by atomic mass is 10.2. The Morgan fingerprint density at radius 2 is 1.78 bits per heavy atom. The normalized spacial score (nSPS) is 10.9. The van der Waals surface area contributed by atoms with E-state index in [1.54, 1.807) is 0 Å². The van der Waals surface area contributed by atoms with Gasteiger partial charge in [-0.25, -0.2) is 4.98 Å². The molecule has 1 amide bonds. The van der Waals surface area contributed by atoms with Crippen LogP contribution in [0.15, 0.2) is 53.9 Å². The number of benzene rings is 2. The van der Waals surface area contributed by atoms with E-state index in [-0.39, 0.29) is 12.3 Å². The second-order valence-corrected chi connectivity index (χ2v) is 8.06. The molecule has 0 bridgehead atoms. The zero-order chi connectivity index (χ0) is 22.8. The van der Waals surface area contributed by atoms with Crippen LogP contribution in [0.2, 0.25) is 0 Å². The first-order valence-electron chi connectivity index (χ1n) is 11.0. The number of para-hydroxylation sites is 2. The van der Waals surface area contributed by atoms with Gasteiger partial charge >= 0.3 is 0 Å². The Kier molecular flexibility index (Phi) is 9.07. The highest BCUT2D eigenvalue weighted by Crippen LogP contribution is 2.27. The smallest absolute Gasteiger partial charge is 0.230 e.